The van der Waals surface area contributed by atoms with Gasteiger partial charge in [-0.3, -0.25) is 0 Å². The van der Waals surface area contributed by atoms with Gasteiger partial charge in [-0.2, -0.15) is 0 Å². The van der Waals surface area contributed by atoms with Gasteiger partial charge in [0.2, 0.25) is 16.0 Å². The predicted molar refractivity (Wildman–Crippen MR) is 90.5 cm³/mol. The summed E-state index contributed by atoms with van der Waals surface area (Å²) in [7, 11) is -3.62. The summed E-state index contributed by atoms with van der Waals surface area (Å²) < 4.78 is 32.4. The normalized spacial score (nSPS) is 15.5. The molecule has 0 aliphatic carbocycles. The first kappa shape index (κ1) is 17.1. The molecule has 1 fully saturated rings. The molecule has 0 atom stereocenters. The second kappa shape index (κ2) is 7.43. The van der Waals surface area contributed by atoms with Gasteiger partial charge in [0.05, 0.1) is 30.3 Å². The number of rotatable bonds is 5. The fraction of sp³-hybridized carbons (Fsp3) is 0.333. The molecule has 1 aliphatic rings. The molecule has 2 heterocycles. The van der Waals surface area contributed by atoms with Gasteiger partial charge in [0.25, 0.3) is 0 Å². The number of halogens is 1. The maximum Gasteiger partial charge on any atom is 0.240 e. The van der Waals surface area contributed by atoms with Crippen LogP contribution in [0.4, 0.5) is 5.95 Å². The number of nitrogens with one attached hydrogen (secondary N) is 1. The Morgan fingerprint density at radius 2 is 1.88 bits per heavy atom. The average molecular weight is 369 g/mol. The number of hydrogen-bond acceptors (Lipinski definition) is 6. The molecule has 0 radical (unpaired) electrons. The summed E-state index contributed by atoms with van der Waals surface area (Å²) >= 11 is 5.78. The fourth-order valence-electron chi connectivity index (χ4n) is 2.26. The average Bonchev–Trinajstić information content (AvgIpc) is 2.61. The van der Waals surface area contributed by atoms with E-state index in [1.807, 2.05) is 4.90 Å². The van der Waals surface area contributed by atoms with Crippen molar-refractivity contribution in [3.8, 4) is 0 Å². The molecule has 24 heavy (non-hydrogen) atoms. The number of nitrogens with zero attached hydrogens (tertiary/aromatic N) is 3. The lowest BCUT2D eigenvalue weighted by Crippen LogP contribution is -2.37. The van der Waals surface area contributed by atoms with Gasteiger partial charge in [0.15, 0.2) is 0 Å². The number of morpholine rings is 1. The van der Waals surface area contributed by atoms with Crippen LogP contribution < -0.4 is 9.62 Å². The highest BCUT2D eigenvalue weighted by atomic mass is 35.5. The summed E-state index contributed by atoms with van der Waals surface area (Å²) in [5.74, 6) is 0.585. The van der Waals surface area contributed by atoms with Crippen LogP contribution in [0.2, 0.25) is 5.02 Å². The number of aromatic nitrogens is 2. The molecule has 0 bridgehead atoms. The van der Waals surface area contributed by atoms with Crippen molar-refractivity contribution >= 4 is 27.6 Å². The zero-order chi connectivity index (χ0) is 17.0. The highest BCUT2D eigenvalue weighted by Gasteiger charge is 2.16. The van der Waals surface area contributed by atoms with E-state index in [4.69, 9.17) is 16.3 Å². The molecule has 0 unspecified atom stereocenters. The lowest BCUT2D eigenvalue weighted by molar-refractivity contribution is 0.122. The van der Waals surface area contributed by atoms with E-state index in [0.29, 0.717) is 29.9 Å². The van der Waals surface area contributed by atoms with E-state index in [2.05, 4.69) is 14.7 Å². The highest BCUT2D eigenvalue weighted by molar-refractivity contribution is 7.89. The first-order chi connectivity index (χ1) is 11.5. The minimum atomic E-state index is -3.62. The second-order valence-electron chi connectivity index (χ2n) is 5.23. The van der Waals surface area contributed by atoms with E-state index < -0.39 is 10.0 Å². The van der Waals surface area contributed by atoms with Crippen molar-refractivity contribution in [3.63, 3.8) is 0 Å². The molecule has 1 saturated heterocycles. The Hall–Kier alpha value is -1.74. The molecule has 1 aliphatic heterocycles. The summed E-state index contributed by atoms with van der Waals surface area (Å²) in [6, 6.07) is 7.69. The number of anilines is 1. The van der Waals surface area contributed by atoms with E-state index in [1.54, 1.807) is 12.3 Å². The van der Waals surface area contributed by atoms with Gasteiger partial charge in [-0.05, 0) is 30.3 Å². The van der Waals surface area contributed by atoms with Crippen LogP contribution in [0.25, 0.3) is 0 Å². The molecule has 0 spiro atoms. The van der Waals surface area contributed by atoms with E-state index in [9.17, 15) is 8.42 Å². The second-order valence-corrected chi connectivity index (χ2v) is 7.43. The van der Waals surface area contributed by atoms with Crippen LogP contribution in [0.5, 0.6) is 0 Å². The smallest absolute Gasteiger partial charge is 0.240 e. The van der Waals surface area contributed by atoms with E-state index in [1.165, 1.54) is 24.3 Å². The molecular formula is C15H17ClN4O3S. The molecule has 1 aromatic heterocycles. The highest BCUT2D eigenvalue weighted by Crippen LogP contribution is 2.15. The Morgan fingerprint density at radius 3 is 2.58 bits per heavy atom. The Kier molecular flexibility index (Phi) is 5.30. The third kappa shape index (κ3) is 4.21. The lowest BCUT2D eigenvalue weighted by atomic mass is 10.4. The zero-order valence-electron chi connectivity index (χ0n) is 12.9. The standard InChI is InChI=1S/C15H17ClN4O3S/c16-12-1-3-14(4-2-12)24(21,22)18-11-13-5-6-17-15(19-13)20-7-9-23-10-8-20/h1-6,18H,7-11H2. The molecule has 1 aromatic carbocycles. The van der Waals surface area contributed by atoms with Gasteiger partial charge in [-0.25, -0.2) is 23.1 Å². The molecule has 2 aromatic rings. The van der Waals surface area contributed by atoms with Gasteiger partial charge in [0.1, 0.15) is 0 Å². The number of sulfonamides is 1. The molecule has 0 saturated carbocycles. The fourth-order valence-corrected chi connectivity index (χ4v) is 3.39. The minimum absolute atomic E-state index is 0.0881. The Balaban J connectivity index is 1.68. The predicted octanol–water partition coefficient (Wildman–Crippen LogP) is 1.45. The largest absolute Gasteiger partial charge is 0.378 e. The summed E-state index contributed by atoms with van der Waals surface area (Å²) in [6.45, 7) is 2.80. The molecular weight excluding hydrogens is 352 g/mol. The van der Waals surface area contributed by atoms with Crippen molar-refractivity contribution in [2.45, 2.75) is 11.4 Å². The molecule has 0 amide bonds. The number of ether oxygens (including phenoxy) is 1. The topological polar surface area (TPSA) is 84.4 Å². The van der Waals surface area contributed by atoms with Gasteiger partial charge >= 0.3 is 0 Å². The van der Waals surface area contributed by atoms with Gasteiger partial charge < -0.3 is 9.64 Å². The Bertz CT molecular complexity index is 793. The molecule has 128 valence electrons. The summed E-state index contributed by atoms with van der Waals surface area (Å²) in [4.78, 5) is 10.8. The maximum absolute atomic E-state index is 12.3. The SMILES string of the molecule is O=S(=O)(NCc1ccnc(N2CCOCC2)n1)c1ccc(Cl)cc1. The first-order valence-electron chi connectivity index (χ1n) is 7.44. The third-order valence-electron chi connectivity index (χ3n) is 3.56. The van der Waals surface area contributed by atoms with Crippen molar-refractivity contribution in [2.75, 3.05) is 31.2 Å². The minimum Gasteiger partial charge on any atom is -0.378 e. The number of hydrogen-bond donors (Lipinski definition) is 1. The molecule has 9 heteroatoms. The Labute approximate surface area is 145 Å². The maximum atomic E-state index is 12.3. The summed E-state index contributed by atoms with van der Waals surface area (Å²) in [5.41, 5.74) is 0.601. The van der Waals surface area contributed by atoms with E-state index >= 15 is 0 Å². The van der Waals surface area contributed by atoms with Gasteiger partial charge in [-0.15, -0.1) is 0 Å². The zero-order valence-corrected chi connectivity index (χ0v) is 14.4. The van der Waals surface area contributed by atoms with Crippen molar-refractivity contribution in [2.24, 2.45) is 0 Å². The van der Waals surface area contributed by atoms with Crippen molar-refractivity contribution in [1.29, 1.82) is 0 Å². The van der Waals surface area contributed by atoms with E-state index in [-0.39, 0.29) is 11.4 Å². The van der Waals surface area contributed by atoms with Crippen LogP contribution in [0.15, 0.2) is 41.4 Å². The van der Waals surface area contributed by atoms with Crippen LogP contribution in [-0.4, -0.2) is 44.7 Å². The van der Waals surface area contributed by atoms with Crippen LogP contribution in [-0.2, 0) is 21.3 Å². The Morgan fingerprint density at radius 1 is 1.17 bits per heavy atom. The molecule has 1 N–H and O–H groups in total. The van der Waals surface area contributed by atoms with Crippen molar-refractivity contribution in [3.05, 3.63) is 47.2 Å². The summed E-state index contributed by atoms with van der Waals surface area (Å²) in [6.07, 6.45) is 1.63. The summed E-state index contributed by atoms with van der Waals surface area (Å²) in [5, 5.41) is 0.486. The molecule has 3 rings (SSSR count). The van der Waals surface area contributed by atoms with Crippen LogP contribution >= 0.6 is 11.6 Å². The van der Waals surface area contributed by atoms with Crippen LogP contribution in [0.1, 0.15) is 5.69 Å². The third-order valence-corrected chi connectivity index (χ3v) is 5.23. The van der Waals surface area contributed by atoms with Crippen molar-refractivity contribution < 1.29 is 13.2 Å². The van der Waals surface area contributed by atoms with Gasteiger partial charge in [0, 0.05) is 24.3 Å². The lowest BCUT2D eigenvalue weighted by Gasteiger charge is -2.26. The van der Waals surface area contributed by atoms with Crippen molar-refractivity contribution in [1.82, 2.24) is 14.7 Å². The molecule has 7 nitrogen and oxygen atoms in total. The number of benzene rings is 1. The quantitative estimate of drug-likeness (QED) is 0.859. The monoisotopic (exact) mass is 368 g/mol. The van der Waals surface area contributed by atoms with Crippen LogP contribution in [0, 0.1) is 0 Å². The van der Waals surface area contributed by atoms with E-state index in [0.717, 1.165) is 13.1 Å². The van der Waals surface area contributed by atoms with Gasteiger partial charge in [-0.1, -0.05) is 11.6 Å². The van der Waals surface area contributed by atoms with Crippen LogP contribution in [0.3, 0.4) is 0 Å². The first-order valence-corrected chi connectivity index (χ1v) is 9.30.